The fourth-order valence-electron chi connectivity index (χ4n) is 3.22. The normalized spacial score (nSPS) is 14.0. The molecule has 1 aromatic carbocycles. The molecule has 1 amide bonds. The molecule has 0 bridgehead atoms. The van der Waals surface area contributed by atoms with Crippen LogP contribution in [-0.2, 0) is 11.3 Å². The van der Waals surface area contributed by atoms with Crippen molar-refractivity contribution in [3.8, 4) is 0 Å². The van der Waals surface area contributed by atoms with Crippen molar-refractivity contribution >= 4 is 40.5 Å². The molecule has 3 heterocycles. The highest BCUT2D eigenvalue weighted by Gasteiger charge is 2.19. The van der Waals surface area contributed by atoms with Gasteiger partial charge in [-0.05, 0) is 35.7 Å². The number of benzene rings is 1. The largest absolute Gasteiger partial charge is 0.368 e. The van der Waals surface area contributed by atoms with Crippen LogP contribution in [0.25, 0.3) is 0 Å². The van der Waals surface area contributed by atoms with E-state index in [0.29, 0.717) is 12.3 Å². The Morgan fingerprint density at radius 3 is 2.60 bits per heavy atom. The van der Waals surface area contributed by atoms with Gasteiger partial charge in [0.25, 0.3) is 0 Å². The molecular weight excluding hydrogens is 421 g/mol. The smallest absolute Gasteiger partial charge is 0.230 e. The minimum atomic E-state index is -0.219. The van der Waals surface area contributed by atoms with E-state index in [-0.39, 0.29) is 11.7 Å². The van der Waals surface area contributed by atoms with Gasteiger partial charge in [0.15, 0.2) is 0 Å². The molecule has 1 aliphatic heterocycles. The van der Waals surface area contributed by atoms with Crippen LogP contribution in [0, 0.1) is 5.82 Å². The van der Waals surface area contributed by atoms with Crippen LogP contribution in [0.15, 0.2) is 59.2 Å². The molecule has 0 saturated carbocycles. The zero-order valence-corrected chi connectivity index (χ0v) is 18.0. The molecule has 3 aromatic rings. The number of carbonyl (C=O) groups is 1. The van der Waals surface area contributed by atoms with Gasteiger partial charge in [-0.2, -0.15) is 0 Å². The van der Waals surface area contributed by atoms with E-state index in [1.54, 1.807) is 17.7 Å². The second-order valence-electron chi connectivity index (χ2n) is 6.81. The van der Waals surface area contributed by atoms with E-state index in [1.165, 1.54) is 23.9 Å². The molecule has 2 aromatic heterocycles. The van der Waals surface area contributed by atoms with E-state index in [9.17, 15) is 9.18 Å². The molecule has 1 N–H and O–H groups in total. The number of aromatic nitrogens is 2. The third kappa shape index (κ3) is 5.48. The molecule has 156 valence electrons. The van der Waals surface area contributed by atoms with Crippen LogP contribution in [0.3, 0.4) is 0 Å². The monoisotopic (exact) mass is 443 g/mol. The maximum Gasteiger partial charge on any atom is 0.230 e. The number of hydrogen-bond donors (Lipinski definition) is 1. The first-order valence-corrected chi connectivity index (χ1v) is 11.5. The van der Waals surface area contributed by atoms with Gasteiger partial charge in [0.2, 0.25) is 5.91 Å². The number of anilines is 2. The summed E-state index contributed by atoms with van der Waals surface area (Å²) in [4.78, 5) is 26.4. The van der Waals surface area contributed by atoms with Gasteiger partial charge in [-0.3, -0.25) is 4.79 Å². The van der Waals surface area contributed by atoms with Crippen molar-refractivity contribution in [1.29, 1.82) is 0 Å². The quantitative estimate of drug-likeness (QED) is 0.446. The Hall–Kier alpha value is -2.65. The van der Waals surface area contributed by atoms with Crippen molar-refractivity contribution in [3.05, 3.63) is 64.9 Å². The van der Waals surface area contributed by atoms with Crippen LogP contribution >= 0.6 is 23.1 Å². The Balaban J connectivity index is 1.27. The number of thiophene rings is 1. The number of rotatable bonds is 7. The minimum absolute atomic E-state index is 0.0125. The summed E-state index contributed by atoms with van der Waals surface area (Å²) in [5.41, 5.74) is 1.03. The second kappa shape index (κ2) is 9.90. The van der Waals surface area contributed by atoms with Crippen LogP contribution < -0.4 is 15.1 Å². The van der Waals surface area contributed by atoms with E-state index in [4.69, 9.17) is 0 Å². The SMILES string of the molecule is O=C(CSc1cc(N2CCN(c3ccc(F)cc3)CC2)ncn1)NCc1cccs1. The molecule has 1 fully saturated rings. The van der Waals surface area contributed by atoms with Gasteiger partial charge in [-0.15, -0.1) is 11.3 Å². The maximum absolute atomic E-state index is 13.1. The Morgan fingerprint density at radius 2 is 1.87 bits per heavy atom. The van der Waals surface area contributed by atoms with E-state index < -0.39 is 0 Å². The molecule has 0 unspecified atom stereocenters. The summed E-state index contributed by atoms with van der Waals surface area (Å²) >= 11 is 3.04. The molecule has 6 nitrogen and oxygen atoms in total. The fourth-order valence-corrected chi connectivity index (χ4v) is 4.55. The van der Waals surface area contributed by atoms with Gasteiger partial charge in [0.1, 0.15) is 23.0 Å². The van der Waals surface area contributed by atoms with Gasteiger partial charge in [0.05, 0.1) is 12.3 Å². The van der Waals surface area contributed by atoms with Crippen molar-refractivity contribution in [1.82, 2.24) is 15.3 Å². The van der Waals surface area contributed by atoms with Crippen LogP contribution in [-0.4, -0.2) is 47.8 Å². The number of amides is 1. The van der Waals surface area contributed by atoms with Gasteiger partial charge in [-0.1, -0.05) is 17.8 Å². The summed E-state index contributed by atoms with van der Waals surface area (Å²) in [6.07, 6.45) is 1.55. The number of carbonyl (C=O) groups excluding carboxylic acids is 1. The number of nitrogens with zero attached hydrogens (tertiary/aromatic N) is 4. The van der Waals surface area contributed by atoms with E-state index in [1.807, 2.05) is 35.7 Å². The highest BCUT2D eigenvalue weighted by molar-refractivity contribution is 7.99. The topological polar surface area (TPSA) is 61.4 Å². The highest BCUT2D eigenvalue weighted by Crippen LogP contribution is 2.22. The molecule has 0 radical (unpaired) electrons. The predicted molar refractivity (Wildman–Crippen MR) is 120 cm³/mol. The second-order valence-corrected chi connectivity index (χ2v) is 8.84. The maximum atomic E-state index is 13.1. The molecule has 9 heteroatoms. The summed E-state index contributed by atoms with van der Waals surface area (Å²) in [6, 6.07) is 12.5. The Morgan fingerprint density at radius 1 is 1.10 bits per heavy atom. The zero-order valence-electron chi connectivity index (χ0n) is 16.3. The lowest BCUT2D eigenvalue weighted by Gasteiger charge is -2.36. The molecular formula is C21H22FN5OS2. The van der Waals surface area contributed by atoms with Crippen LogP contribution in [0.1, 0.15) is 4.88 Å². The third-order valence-electron chi connectivity index (χ3n) is 4.81. The fraction of sp³-hybridized carbons (Fsp3) is 0.286. The summed E-state index contributed by atoms with van der Waals surface area (Å²) in [5, 5.41) is 5.71. The summed E-state index contributed by atoms with van der Waals surface area (Å²) < 4.78 is 13.1. The van der Waals surface area contributed by atoms with Gasteiger partial charge < -0.3 is 15.1 Å². The van der Waals surface area contributed by atoms with E-state index >= 15 is 0 Å². The first-order chi connectivity index (χ1) is 14.7. The van der Waals surface area contributed by atoms with Gasteiger partial charge in [-0.25, -0.2) is 14.4 Å². The van der Waals surface area contributed by atoms with Gasteiger partial charge in [0, 0.05) is 42.8 Å². The number of piperazine rings is 1. The standard InChI is InChI=1S/C21H22FN5OS2/c22-16-3-5-17(6-4-16)26-7-9-27(10-8-26)19-12-21(25-15-24-19)30-14-20(28)23-13-18-2-1-11-29-18/h1-6,11-12,15H,7-10,13-14H2,(H,23,28). The number of thioether (sulfide) groups is 1. The molecule has 1 saturated heterocycles. The first kappa shape index (κ1) is 20.6. The van der Waals surface area contributed by atoms with Crippen LogP contribution in [0.5, 0.6) is 0 Å². The average Bonchev–Trinajstić information content (AvgIpc) is 3.31. The summed E-state index contributed by atoms with van der Waals surface area (Å²) in [5.74, 6) is 0.954. The Bertz CT molecular complexity index is 960. The summed E-state index contributed by atoms with van der Waals surface area (Å²) in [7, 11) is 0. The molecule has 0 aliphatic carbocycles. The minimum Gasteiger partial charge on any atom is -0.368 e. The predicted octanol–water partition coefficient (Wildman–Crippen LogP) is 3.41. The zero-order chi connectivity index (χ0) is 20.8. The third-order valence-corrected chi connectivity index (χ3v) is 6.62. The number of nitrogens with one attached hydrogen (secondary N) is 1. The van der Waals surface area contributed by atoms with Crippen molar-refractivity contribution < 1.29 is 9.18 Å². The van der Waals surface area contributed by atoms with Crippen LogP contribution in [0.4, 0.5) is 15.9 Å². The number of hydrogen-bond acceptors (Lipinski definition) is 7. The van der Waals surface area contributed by atoms with Gasteiger partial charge >= 0.3 is 0 Å². The molecule has 1 aliphatic rings. The van der Waals surface area contributed by atoms with Crippen molar-refractivity contribution in [2.45, 2.75) is 11.6 Å². The molecule has 30 heavy (non-hydrogen) atoms. The molecule has 4 rings (SSSR count). The van der Waals surface area contributed by atoms with Crippen molar-refractivity contribution in [3.63, 3.8) is 0 Å². The molecule has 0 atom stereocenters. The Kier molecular flexibility index (Phi) is 6.81. The van der Waals surface area contributed by atoms with E-state index in [2.05, 4.69) is 25.1 Å². The highest BCUT2D eigenvalue weighted by atomic mass is 32.2. The first-order valence-electron chi connectivity index (χ1n) is 9.67. The lowest BCUT2D eigenvalue weighted by molar-refractivity contribution is -0.118. The lowest BCUT2D eigenvalue weighted by atomic mass is 10.2. The van der Waals surface area contributed by atoms with Crippen molar-refractivity contribution in [2.24, 2.45) is 0 Å². The van der Waals surface area contributed by atoms with Crippen LogP contribution in [0.2, 0.25) is 0 Å². The average molecular weight is 444 g/mol. The van der Waals surface area contributed by atoms with Crippen molar-refractivity contribution in [2.75, 3.05) is 41.7 Å². The number of halogens is 1. The Labute approximate surface area is 183 Å². The summed E-state index contributed by atoms with van der Waals surface area (Å²) in [6.45, 7) is 3.87. The van der Waals surface area contributed by atoms with E-state index in [0.717, 1.165) is 47.6 Å². The molecule has 0 spiro atoms. The lowest BCUT2D eigenvalue weighted by Crippen LogP contribution is -2.46.